The van der Waals surface area contributed by atoms with Crippen molar-refractivity contribution >= 4 is 23.5 Å². The Labute approximate surface area is 128 Å². The summed E-state index contributed by atoms with van der Waals surface area (Å²) in [5.74, 6) is -1.46. The molecular formula is C16H20N2O4. The Bertz CT molecular complexity index is 548. The van der Waals surface area contributed by atoms with Crippen LogP contribution in [0.15, 0.2) is 24.3 Å². The van der Waals surface area contributed by atoms with Crippen LogP contribution in [-0.4, -0.2) is 28.9 Å². The smallest absolute Gasteiger partial charge is 0.303 e. The molecule has 0 atom stereocenters. The SMILES string of the molecule is O=C(O)CCC(=O)Nc1ccc(C(=O)NC2CCCC2)cc1. The van der Waals surface area contributed by atoms with E-state index >= 15 is 0 Å². The van der Waals surface area contributed by atoms with Gasteiger partial charge in [-0.25, -0.2) is 0 Å². The van der Waals surface area contributed by atoms with E-state index in [4.69, 9.17) is 5.11 Å². The summed E-state index contributed by atoms with van der Waals surface area (Å²) in [5, 5.41) is 14.1. The highest BCUT2D eigenvalue weighted by molar-refractivity contribution is 5.96. The lowest BCUT2D eigenvalue weighted by atomic mass is 10.1. The first-order valence-corrected chi connectivity index (χ1v) is 7.47. The minimum atomic E-state index is -1.01. The quantitative estimate of drug-likeness (QED) is 0.750. The highest BCUT2D eigenvalue weighted by Gasteiger charge is 2.17. The molecule has 1 saturated carbocycles. The maximum absolute atomic E-state index is 12.0. The van der Waals surface area contributed by atoms with Crippen LogP contribution in [0.1, 0.15) is 48.9 Å². The minimum Gasteiger partial charge on any atom is -0.481 e. The molecule has 2 rings (SSSR count). The summed E-state index contributed by atoms with van der Waals surface area (Å²) in [6.45, 7) is 0. The summed E-state index contributed by atoms with van der Waals surface area (Å²) in [7, 11) is 0. The second-order valence-electron chi connectivity index (χ2n) is 5.47. The third kappa shape index (κ3) is 4.87. The molecule has 3 N–H and O–H groups in total. The summed E-state index contributed by atoms with van der Waals surface area (Å²) in [5.41, 5.74) is 1.10. The molecule has 2 amide bonds. The number of hydrogen-bond donors (Lipinski definition) is 3. The molecule has 1 fully saturated rings. The molecule has 0 aromatic heterocycles. The molecule has 0 radical (unpaired) electrons. The normalized spacial score (nSPS) is 14.5. The Kier molecular flexibility index (Phi) is 5.52. The first kappa shape index (κ1) is 16.0. The van der Waals surface area contributed by atoms with Crippen LogP contribution in [0.2, 0.25) is 0 Å². The number of carbonyl (C=O) groups excluding carboxylic acids is 2. The van der Waals surface area contributed by atoms with Gasteiger partial charge in [-0.15, -0.1) is 0 Å². The molecule has 1 aromatic carbocycles. The minimum absolute atomic E-state index is 0.0702. The van der Waals surface area contributed by atoms with Crippen molar-refractivity contribution in [3.63, 3.8) is 0 Å². The third-order valence-corrected chi connectivity index (χ3v) is 3.69. The lowest BCUT2D eigenvalue weighted by molar-refractivity contribution is -0.138. The zero-order chi connectivity index (χ0) is 15.9. The molecule has 6 heteroatoms. The van der Waals surface area contributed by atoms with Crippen molar-refractivity contribution in [3.05, 3.63) is 29.8 Å². The zero-order valence-corrected chi connectivity index (χ0v) is 12.3. The molecular weight excluding hydrogens is 284 g/mol. The van der Waals surface area contributed by atoms with E-state index in [1.807, 2.05) is 0 Å². The predicted octanol–water partition coefficient (Wildman–Crippen LogP) is 2.16. The van der Waals surface area contributed by atoms with E-state index < -0.39 is 5.97 Å². The lowest BCUT2D eigenvalue weighted by Gasteiger charge is -2.12. The number of carboxylic acids is 1. The Morgan fingerprint density at radius 2 is 1.68 bits per heavy atom. The summed E-state index contributed by atoms with van der Waals surface area (Å²) in [6, 6.07) is 6.85. The van der Waals surface area contributed by atoms with Gasteiger partial charge in [0.15, 0.2) is 0 Å². The first-order valence-electron chi connectivity index (χ1n) is 7.47. The van der Waals surface area contributed by atoms with Crippen LogP contribution < -0.4 is 10.6 Å². The Hall–Kier alpha value is -2.37. The van der Waals surface area contributed by atoms with Crippen molar-refractivity contribution in [2.75, 3.05) is 5.32 Å². The van der Waals surface area contributed by atoms with Gasteiger partial charge in [-0.3, -0.25) is 14.4 Å². The van der Waals surface area contributed by atoms with E-state index in [9.17, 15) is 14.4 Å². The Morgan fingerprint density at radius 3 is 2.27 bits per heavy atom. The number of aliphatic carboxylic acids is 1. The van der Waals surface area contributed by atoms with Crippen LogP contribution in [0.25, 0.3) is 0 Å². The maximum Gasteiger partial charge on any atom is 0.303 e. The largest absolute Gasteiger partial charge is 0.481 e. The van der Waals surface area contributed by atoms with Gasteiger partial charge < -0.3 is 15.7 Å². The average Bonchev–Trinajstić information content (AvgIpc) is 2.99. The number of rotatable bonds is 6. The van der Waals surface area contributed by atoms with Crippen LogP contribution in [0.5, 0.6) is 0 Å². The molecule has 6 nitrogen and oxygen atoms in total. The van der Waals surface area contributed by atoms with Gasteiger partial charge in [0.2, 0.25) is 5.91 Å². The zero-order valence-electron chi connectivity index (χ0n) is 12.3. The summed E-state index contributed by atoms with van der Waals surface area (Å²) >= 11 is 0. The molecule has 0 bridgehead atoms. The molecule has 118 valence electrons. The topological polar surface area (TPSA) is 95.5 Å². The Morgan fingerprint density at radius 1 is 1.05 bits per heavy atom. The fourth-order valence-corrected chi connectivity index (χ4v) is 2.49. The van der Waals surface area contributed by atoms with Crippen LogP contribution in [0, 0.1) is 0 Å². The fourth-order valence-electron chi connectivity index (χ4n) is 2.49. The van der Waals surface area contributed by atoms with Crippen molar-refractivity contribution in [3.8, 4) is 0 Å². The van der Waals surface area contributed by atoms with Gasteiger partial charge in [-0.2, -0.15) is 0 Å². The Balaban J connectivity index is 1.85. The first-order chi connectivity index (χ1) is 10.5. The van der Waals surface area contributed by atoms with Gasteiger partial charge in [0.1, 0.15) is 0 Å². The molecule has 0 saturated heterocycles. The third-order valence-electron chi connectivity index (χ3n) is 3.69. The molecule has 0 heterocycles. The molecule has 22 heavy (non-hydrogen) atoms. The van der Waals surface area contributed by atoms with E-state index in [0.717, 1.165) is 25.7 Å². The second kappa shape index (κ2) is 7.59. The highest BCUT2D eigenvalue weighted by Crippen LogP contribution is 2.18. The van der Waals surface area contributed by atoms with Crippen molar-refractivity contribution in [2.24, 2.45) is 0 Å². The molecule has 0 unspecified atom stereocenters. The van der Waals surface area contributed by atoms with Crippen molar-refractivity contribution in [2.45, 2.75) is 44.6 Å². The van der Waals surface area contributed by atoms with Crippen molar-refractivity contribution < 1.29 is 19.5 Å². The average molecular weight is 304 g/mol. The van der Waals surface area contributed by atoms with Crippen molar-refractivity contribution in [1.29, 1.82) is 0 Å². The molecule has 1 aliphatic rings. The van der Waals surface area contributed by atoms with Gasteiger partial charge in [0.25, 0.3) is 5.91 Å². The van der Waals surface area contributed by atoms with Gasteiger partial charge >= 0.3 is 5.97 Å². The number of carboxylic acid groups (broad SMARTS) is 1. The highest BCUT2D eigenvalue weighted by atomic mass is 16.4. The predicted molar refractivity (Wildman–Crippen MR) is 81.7 cm³/mol. The number of anilines is 1. The van der Waals surface area contributed by atoms with E-state index in [1.54, 1.807) is 24.3 Å². The maximum atomic E-state index is 12.0. The molecule has 0 spiro atoms. The second-order valence-corrected chi connectivity index (χ2v) is 5.47. The summed E-state index contributed by atoms with van der Waals surface area (Å²) in [4.78, 5) is 34.0. The van der Waals surface area contributed by atoms with E-state index in [0.29, 0.717) is 11.3 Å². The van der Waals surface area contributed by atoms with Crippen LogP contribution in [0.3, 0.4) is 0 Å². The number of benzene rings is 1. The summed E-state index contributed by atoms with van der Waals surface area (Å²) < 4.78 is 0. The number of amides is 2. The monoisotopic (exact) mass is 304 g/mol. The van der Waals surface area contributed by atoms with E-state index in [1.165, 1.54) is 0 Å². The lowest BCUT2D eigenvalue weighted by Crippen LogP contribution is -2.32. The van der Waals surface area contributed by atoms with Crippen LogP contribution in [0.4, 0.5) is 5.69 Å². The van der Waals surface area contributed by atoms with Gasteiger partial charge in [0, 0.05) is 23.7 Å². The molecule has 1 aromatic rings. The number of carbonyl (C=O) groups is 3. The van der Waals surface area contributed by atoms with Crippen molar-refractivity contribution in [1.82, 2.24) is 5.32 Å². The molecule has 1 aliphatic carbocycles. The van der Waals surface area contributed by atoms with Gasteiger partial charge in [-0.1, -0.05) is 12.8 Å². The van der Waals surface area contributed by atoms with Crippen LogP contribution >= 0.6 is 0 Å². The summed E-state index contributed by atoms with van der Waals surface area (Å²) in [6.07, 6.45) is 4.11. The standard InChI is InChI=1S/C16H20N2O4/c19-14(9-10-15(20)21)17-13-7-5-11(6-8-13)16(22)18-12-3-1-2-4-12/h5-8,12H,1-4,9-10H2,(H,17,19)(H,18,22)(H,20,21). The van der Waals surface area contributed by atoms with Gasteiger partial charge in [0.05, 0.1) is 6.42 Å². The van der Waals surface area contributed by atoms with E-state index in [-0.39, 0.29) is 30.7 Å². The van der Waals surface area contributed by atoms with Crippen LogP contribution in [-0.2, 0) is 9.59 Å². The number of nitrogens with one attached hydrogen (secondary N) is 2. The number of hydrogen-bond acceptors (Lipinski definition) is 3. The fraction of sp³-hybridized carbons (Fsp3) is 0.438. The molecule has 0 aliphatic heterocycles. The van der Waals surface area contributed by atoms with Gasteiger partial charge in [-0.05, 0) is 37.1 Å². The van der Waals surface area contributed by atoms with E-state index in [2.05, 4.69) is 10.6 Å².